The van der Waals surface area contributed by atoms with E-state index < -0.39 is 21.8 Å². The van der Waals surface area contributed by atoms with Crippen LogP contribution in [0.4, 0.5) is 4.79 Å². The summed E-state index contributed by atoms with van der Waals surface area (Å²) in [6.07, 6.45) is -0.832. The molecular weight excluding hydrogens is 220 g/mol. The molecule has 0 aromatic carbocycles. The second-order valence-corrected chi connectivity index (χ2v) is 6.07. The molecule has 0 saturated carbocycles. The number of nitrogens with zero attached hydrogens (tertiary/aromatic N) is 2. The van der Waals surface area contributed by atoms with Crippen molar-refractivity contribution >= 4 is 16.3 Å². The van der Waals surface area contributed by atoms with Gasteiger partial charge in [0.15, 0.2) is 0 Å². The minimum atomic E-state index is -3.70. The monoisotopic (exact) mass is 236 g/mol. The van der Waals surface area contributed by atoms with Gasteiger partial charge in [-0.05, 0) is 20.8 Å². The molecule has 7 heteroatoms. The van der Waals surface area contributed by atoms with Crippen molar-refractivity contribution < 1.29 is 17.9 Å². The molecule has 0 bridgehead atoms. The fraction of sp³-hybridized carbons (Fsp3) is 0.875. The molecular formula is C8H16N2O4S. The highest BCUT2D eigenvalue weighted by Crippen LogP contribution is 2.26. The van der Waals surface area contributed by atoms with E-state index in [0.29, 0.717) is 6.54 Å². The Morgan fingerprint density at radius 1 is 1.27 bits per heavy atom. The highest BCUT2D eigenvalue weighted by Gasteiger charge is 2.45. The first kappa shape index (κ1) is 12.3. The molecule has 0 atom stereocenters. The lowest BCUT2D eigenvalue weighted by atomic mass is 10.1. The van der Waals surface area contributed by atoms with E-state index in [9.17, 15) is 13.2 Å². The smallest absolute Gasteiger partial charge is 0.424 e. The Morgan fingerprint density at radius 2 is 1.80 bits per heavy atom. The summed E-state index contributed by atoms with van der Waals surface area (Å²) in [7, 11) is -2.54. The van der Waals surface area contributed by atoms with Gasteiger partial charge in [0.25, 0.3) is 0 Å². The molecule has 1 rings (SSSR count). The van der Waals surface area contributed by atoms with Gasteiger partial charge in [0, 0.05) is 12.1 Å². The number of carbonyl (C=O) groups is 1. The van der Waals surface area contributed by atoms with Gasteiger partial charge in [-0.2, -0.15) is 17.0 Å². The standard InChI is InChI=1S/C8H16N2O4S/c1-8(2,3)10-6-5-9(7(11)14-4)15(10,12)13/h5-6H2,1-4H3. The molecule has 88 valence electrons. The molecule has 1 aliphatic rings. The number of methoxy groups -OCH3 is 1. The maximum Gasteiger partial charge on any atom is 0.424 e. The number of hydrogen-bond acceptors (Lipinski definition) is 4. The SMILES string of the molecule is COC(=O)N1CCN(C(C)(C)C)S1(=O)=O. The molecule has 0 unspecified atom stereocenters. The number of rotatable bonds is 0. The van der Waals surface area contributed by atoms with Crippen LogP contribution in [0.1, 0.15) is 20.8 Å². The van der Waals surface area contributed by atoms with Gasteiger partial charge in [-0.3, -0.25) is 0 Å². The third-order valence-corrected chi connectivity index (χ3v) is 4.37. The molecule has 1 saturated heterocycles. The lowest BCUT2D eigenvalue weighted by Gasteiger charge is -2.29. The fourth-order valence-corrected chi connectivity index (χ4v) is 3.32. The molecule has 0 aliphatic carbocycles. The second kappa shape index (κ2) is 3.64. The van der Waals surface area contributed by atoms with Crippen LogP contribution < -0.4 is 0 Å². The number of hydrogen-bond donors (Lipinski definition) is 0. The predicted molar refractivity (Wildman–Crippen MR) is 54.5 cm³/mol. The van der Waals surface area contributed by atoms with Crippen LogP contribution >= 0.6 is 0 Å². The van der Waals surface area contributed by atoms with Crippen LogP contribution in [-0.2, 0) is 14.9 Å². The molecule has 1 fully saturated rings. The summed E-state index contributed by atoms with van der Waals surface area (Å²) in [6.45, 7) is 5.80. The number of ether oxygens (including phenoxy) is 1. The van der Waals surface area contributed by atoms with Gasteiger partial charge in [0.2, 0.25) is 0 Å². The third kappa shape index (κ3) is 2.07. The van der Waals surface area contributed by atoms with Crippen molar-refractivity contribution in [1.29, 1.82) is 0 Å². The van der Waals surface area contributed by atoms with Crippen LogP contribution in [0.5, 0.6) is 0 Å². The van der Waals surface area contributed by atoms with E-state index >= 15 is 0 Å². The molecule has 0 aromatic rings. The highest BCUT2D eigenvalue weighted by molar-refractivity contribution is 7.87. The number of amides is 1. The van der Waals surface area contributed by atoms with E-state index in [1.54, 1.807) is 20.8 Å². The molecule has 0 spiro atoms. The van der Waals surface area contributed by atoms with Gasteiger partial charge in [-0.25, -0.2) is 4.79 Å². The predicted octanol–water partition coefficient (Wildman–Crippen LogP) is 0.414. The Bertz CT molecular complexity index is 357. The van der Waals surface area contributed by atoms with Crippen molar-refractivity contribution in [2.24, 2.45) is 0 Å². The quantitative estimate of drug-likeness (QED) is 0.611. The molecule has 0 aromatic heterocycles. The Morgan fingerprint density at radius 3 is 2.13 bits per heavy atom. The second-order valence-electron chi connectivity index (χ2n) is 4.29. The summed E-state index contributed by atoms with van der Waals surface area (Å²) in [5.74, 6) is 0. The first-order chi connectivity index (χ1) is 6.71. The van der Waals surface area contributed by atoms with Gasteiger partial charge in [0.1, 0.15) is 0 Å². The average molecular weight is 236 g/mol. The van der Waals surface area contributed by atoms with Crippen molar-refractivity contribution in [1.82, 2.24) is 8.61 Å². The molecule has 15 heavy (non-hydrogen) atoms. The van der Waals surface area contributed by atoms with E-state index in [1.165, 1.54) is 4.31 Å². The summed E-state index contributed by atoms with van der Waals surface area (Å²) in [5.41, 5.74) is -0.526. The topological polar surface area (TPSA) is 66.9 Å². The van der Waals surface area contributed by atoms with E-state index in [1.807, 2.05) is 0 Å². The van der Waals surface area contributed by atoms with E-state index in [0.717, 1.165) is 11.4 Å². The molecule has 1 heterocycles. The first-order valence-corrected chi connectivity index (χ1v) is 5.99. The van der Waals surface area contributed by atoms with Crippen LogP contribution in [0.3, 0.4) is 0 Å². The summed E-state index contributed by atoms with van der Waals surface area (Å²) in [4.78, 5) is 11.2. The molecule has 1 aliphatic heterocycles. The Hall–Kier alpha value is -0.820. The summed E-state index contributed by atoms with van der Waals surface area (Å²) >= 11 is 0. The summed E-state index contributed by atoms with van der Waals surface area (Å²) < 4.78 is 30.2. The van der Waals surface area contributed by atoms with Crippen molar-refractivity contribution in [3.63, 3.8) is 0 Å². The fourth-order valence-electron chi connectivity index (χ4n) is 1.50. The highest BCUT2D eigenvalue weighted by atomic mass is 32.2. The van der Waals surface area contributed by atoms with Crippen LogP contribution in [0.15, 0.2) is 0 Å². The Labute approximate surface area is 90.0 Å². The minimum absolute atomic E-state index is 0.145. The van der Waals surface area contributed by atoms with Crippen LogP contribution in [0.2, 0.25) is 0 Å². The first-order valence-electron chi connectivity index (χ1n) is 4.59. The normalized spacial score (nSPS) is 21.7. The van der Waals surface area contributed by atoms with Crippen molar-refractivity contribution in [2.75, 3.05) is 20.2 Å². The Kier molecular flexibility index (Phi) is 2.97. The van der Waals surface area contributed by atoms with Gasteiger partial charge in [0.05, 0.1) is 13.7 Å². The van der Waals surface area contributed by atoms with Crippen LogP contribution in [0, 0.1) is 0 Å². The molecule has 0 radical (unpaired) electrons. The summed E-state index contributed by atoms with van der Waals surface area (Å²) in [5, 5.41) is 0. The lowest BCUT2D eigenvalue weighted by Crippen LogP contribution is -2.45. The third-order valence-electron chi connectivity index (χ3n) is 2.19. The summed E-state index contributed by atoms with van der Waals surface area (Å²) in [6, 6.07) is 0. The zero-order chi connectivity index (χ0) is 11.9. The van der Waals surface area contributed by atoms with Crippen LogP contribution in [0.25, 0.3) is 0 Å². The van der Waals surface area contributed by atoms with Crippen molar-refractivity contribution in [3.05, 3.63) is 0 Å². The lowest BCUT2D eigenvalue weighted by molar-refractivity contribution is 0.152. The minimum Gasteiger partial charge on any atom is -0.452 e. The van der Waals surface area contributed by atoms with Gasteiger partial charge >= 0.3 is 16.3 Å². The molecule has 6 nitrogen and oxygen atoms in total. The number of carbonyl (C=O) groups excluding carboxylic acids is 1. The van der Waals surface area contributed by atoms with Crippen LogP contribution in [-0.4, -0.2) is 48.9 Å². The largest absolute Gasteiger partial charge is 0.452 e. The van der Waals surface area contributed by atoms with E-state index in [4.69, 9.17) is 0 Å². The zero-order valence-electron chi connectivity index (χ0n) is 9.35. The Balaban J connectivity index is 3.01. The molecule has 0 N–H and O–H groups in total. The maximum atomic E-state index is 11.9. The molecule has 1 amide bonds. The van der Waals surface area contributed by atoms with Gasteiger partial charge < -0.3 is 4.74 Å². The maximum absolute atomic E-state index is 11.9. The van der Waals surface area contributed by atoms with Crippen molar-refractivity contribution in [3.8, 4) is 0 Å². The average Bonchev–Trinajstić information content (AvgIpc) is 2.38. The van der Waals surface area contributed by atoms with Crippen molar-refractivity contribution in [2.45, 2.75) is 26.3 Å². The zero-order valence-corrected chi connectivity index (χ0v) is 10.2. The van der Waals surface area contributed by atoms with E-state index in [2.05, 4.69) is 4.74 Å². The van der Waals surface area contributed by atoms with Gasteiger partial charge in [-0.15, -0.1) is 0 Å². The van der Waals surface area contributed by atoms with E-state index in [-0.39, 0.29) is 6.54 Å². The van der Waals surface area contributed by atoms with Gasteiger partial charge in [-0.1, -0.05) is 0 Å².